The largest absolute Gasteiger partial charge is 0.206 e. The molecule has 0 aliphatic heterocycles. The first-order valence-corrected chi connectivity index (χ1v) is 8.51. The van der Waals surface area contributed by atoms with Crippen LogP contribution in [0.25, 0.3) is 11.1 Å². The van der Waals surface area contributed by atoms with Gasteiger partial charge in [0.05, 0.1) is 5.56 Å². The molecule has 0 atom stereocenters. The second-order valence-corrected chi connectivity index (χ2v) is 7.11. The summed E-state index contributed by atoms with van der Waals surface area (Å²) in [5.74, 6) is 0.501. The van der Waals surface area contributed by atoms with Gasteiger partial charge in [-0.15, -0.1) is 0 Å². The van der Waals surface area contributed by atoms with Crippen molar-refractivity contribution in [3.63, 3.8) is 0 Å². The van der Waals surface area contributed by atoms with Crippen molar-refractivity contribution >= 4 is 0 Å². The Morgan fingerprint density at radius 1 is 1.00 bits per heavy atom. The summed E-state index contributed by atoms with van der Waals surface area (Å²) in [6.45, 7) is 0. The molecule has 2 aromatic carbocycles. The molecule has 0 N–H and O–H groups in total. The first-order valence-electron chi connectivity index (χ1n) is 8.51. The van der Waals surface area contributed by atoms with Crippen molar-refractivity contribution in [2.75, 3.05) is 0 Å². The van der Waals surface area contributed by atoms with Crippen LogP contribution in [0.3, 0.4) is 0 Å². The van der Waals surface area contributed by atoms with E-state index in [1.807, 2.05) is 18.2 Å². The van der Waals surface area contributed by atoms with Gasteiger partial charge in [-0.05, 0) is 78.7 Å². The van der Waals surface area contributed by atoms with Gasteiger partial charge in [0.25, 0.3) is 0 Å². The number of halogens is 1. The van der Waals surface area contributed by atoms with Gasteiger partial charge in [-0.3, -0.25) is 0 Å². The van der Waals surface area contributed by atoms with Crippen LogP contribution in [-0.2, 0) is 5.41 Å². The van der Waals surface area contributed by atoms with Crippen molar-refractivity contribution < 1.29 is 4.39 Å². The summed E-state index contributed by atoms with van der Waals surface area (Å²) in [5.41, 5.74) is 3.79. The lowest BCUT2D eigenvalue weighted by molar-refractivity contribution is 0.136. The molecule has 3 aliphatic carbocycles. The number of fused-ring (bicyclic) bond motifs is 3. The van der Waals surface area contributed by atoms with E-state index in [0.29, 0.717) is 0 Å². The predicted molar refractivity (Wildman–Crippen MR) is 89.4 cm³/mol. The van der Waals surface area contributed by atoms with Crippen molar-refractivity contribution in [3.8, 4) is 17.2 Å². The number of hydrogen-bond acceptors (Lipinski definition) is 1. The Bertz CT molecular complexity index is 765. The van der Waals surface area contributed by atoms with Gasteiger partial charge in [0.15, 0.2) is 0 Å². The van der Waals surface area contributed by atoms with Gasteiger partial charge in [-0.25, -0.2) is 4.39 Å². The van der Waals surface area contributed by atoms with Crippen LogP contribution < -0.4 is 0 Å². The molecule has 0 amide bonds. The maximum atomic E-state index is 14.1. The Morgan fingerprint density at radius 2 is 1.70 bits per heavy atom. The standard InChI is InChI=1S/C21H20FN/c22-20-13-16(5-6-17(20)14-23)18-3-1-2-4-19(18)21-10-7-15(8-11-21)9-12-21/h1-6,13,15H,7-12H2. The fourth-order valence-corrected chi connectivity index (χ4v) is 4.62. The van der Waals surface area contributed by atoms with E-state index < -0.39 is 5.82 Å². The minimum Gasteiger partial charge on any atom is -0.206 e. The summed E-state index contributed by atoms with van der Waals surface area (Å²) in [7, 11) is 0. The maximum absolute atomic E-state index is 14.1. The Morgan fingerprint density at radius 3 is 2.35 bits per heavy atom. The molecule has 0 unspecified atom stereocenters. The molecule has 2 aromatic rings. The molecule has 0 heterocycles. The van der Waals surface area contributed by atoms with Crippen LogP contribution in [0.2, 0.25) is 0 Å². The first kappa shape index (κ1) is 14.5. The lowest BCUT2D eigenvalue weighted by atomic mass is 9.57. The zero-order valence-corrected chi connectivity index (χ0v) is 13.2. The van der Waals surface area contributed by atoms with Gasteiger partial charge in [0.1, 0.15) is 11.9 Å². The summed E-state index contributed by atoms with van der Waals surface area (Å²) in [5, 5.41) is 8.93. The zero-order chi connectivity index (χ0) is 15.9. The Hall–Kier alpha value is -2.14. The van der Waals surface area contributed by atoms with Crippen molar-refractivity contribution in [1.82, 2.24) is 0 Å². The third-order valence-corrected chi connectivity index (χ3v) is 5.99. The minimum absolute atomic E-state index is 0.113. The summed E-state index contributed by atoms with van der Waals surface area (Å²) in [6.07, 6.45) is 7.76. The highest BCUT2D eigenvalue weighted by molar-refractivity contribution is 5.70. The average molecular weight is 305 g/mol. The van der Waals surface area contributed by atoms with Gasteiger partial charge in [0, 0.05) is 0 Å². The zero-order valence-electron chi connectivity index (χ0n) is 13.2. The number of rotatable bonds is 2. The second-order valence-electron chi connectivity index (χ2n) is 7.11. The number of hydrogen-bond donors (Lipinski definition) is 0. The summed E-state index contributed by atoms with van der Waals surface area (Å²) < 4.78 is 14.1. The molecule has 0 aromatic heterocycles. The average Bonchev–Trinajstić information content (AvgIpc) is 2.63. The highest BCUT2D eigenvalue weighted by Gasteiger charge is 2.42. The molecular weight excluding hydrogens is 285 g/mol. The van der Waals surface area contributed by atoms with Crippen molar-refractivity contribution in [2.24, 2.45) is 5.92 Å². The molecular formula is C21H20FN. The molecule has 23 heavy (non-hydrogen) atoms. The van der Waals surface area contributed by atoms with Gasteiger partial charge in [0.2, 0.25) is 0 Å². The molecule has 0 spiro atoms. The number of nitrogens with zero attached hydrogens (tertiary/aromatic N) is 1. The monoisotopic (exact) mass is 305 g/mol. The van der Waals surface area contributed by atoms with E-state index in [2.05, 4.69) is 18.2 Å². The molecule has 2 heteroatoms. The normalized spacial score (nSPS) is 26.0. The van der Waals surface area contributed by atoms with Gasteiger partial charge in [-0.2, -0.15) is 5.26 Å². The molecule has 0 saturated heterocycles. The second kappa shape index (κ2) is 5.49. The molecule has 3 saturated carbocycles. The van der Waals surface area contributed by atoms with Gasteiger partial charge >= 0.3 is 0 Å². The van der Waals surface area contributed by atoms with Crippen molar-refractivity contribution in [3.05, 3.63) is 59.4 Å². The fraction of sp³-hybridized carbons (Fsp3) is 0.381. The summed E-state index contributed by atoms with van der Waals surface area (Å²) >= 11 is 0. The van der Waals surface area contributed by atoms with E-state index in [4.69, 9.17) is 5.26 Å². The minimum atomic E-state index is -0.426. The van der Waals surface area contributed by atoms with E-state index in [0.717, 1.165) is 17.0 Å². The number of nitriles is 1. The molecule has 0 radical (unpaired) electrons. The maximum Gasteiger partial charge on any atom is 0.141 e. The van der Waals surface area contributed by atoms with Gasteiger partial charge in [-0.1, -0.05) is 30.3 Å². The molecule has 2 bridgehead atoms. The Kier molecular flexibility index (Phi) is 3.45. The van der Waals surface area contributed by atoms with E-state index >= 15 is 0 Å². The topological polar surface area (TPSA) is 23.8 Å². The smallest absolute Gasteiger partial charge is 0.141 e. The van der Waals surface area contributed by atoms with Crippen LogP contribution in [0.1, 0.15) is 49.7 Å². The highest BCUT2D eigenvalue weighted by Crippen LogP contribution is 2.53. The van der Waals surface area contributed by atoms with E-state index in [1.165, 1.54) is 50.2 Å². The Balaban J connectivity index is 1.82. The van der Waals surface area contributed by atoms with Crippen LogP contribution in [0.4, 0.5) is 4.39 Å². The van der Waals surface area contributed by atoms with Crippen molar-refractivity contribution in [1.29, 1.82) is 5.26 Å². The Labute approximate surface area is 136 Å². The molecule has 3 fully saturated rings. The van der Waals surface area contributed by atoms with Gasteiger partial charge < -0.3 is 0 Å². The first-order chi connectivity index (χ1) is 11.2. The van der Waals surface area contributed by atoms with Crippen LogP contribution in [0.5, 0.6) is 0 Å². The van der Waals surface area contributed by atoms with Crippen LogP contribution in [-0.4, -0.2) is 0 Å². The lowest BCUT2D eigenvalue weighted by Gasteiger charge is -2.47. The summed E-state index contributed by atoms with van der Waals surface area (Å²) in [6, 6.07) is 15.4. The van der Waals surface area contributed by atoms with E-state index in [-0.39, 0.29) is 11.0 Å². The van der Waals surface area contributed by atoms with Crippen molar-refractivity contribution in [2.45, 2.75) is 43.9 Å². The summed E-state index contributed by atoms with van der Waals surface area (Å²) in [4.78, 5) is 0. The van der Waals surface area contributed by atoms with E-state index in [9.17, 15) is 4.39 Å². The van der Waals surface area contributed by atoms with Crippen LogP contribution in [0.15, 0.2) is 42.5 Å². The van der Waals surface area contributed by atoms with Crippen LogP contribution in [0, 0.1) is 23.1 Å². The lowest BCUT2D eigenvalue weighted by Crippen LogP contribution is -2.38. The number of benzene rings is 2. The third kappa shape index (κ3) is 2.36. The highest BCUT2D eigenvalue weighted by atomic mass is 19.1. The third-order valence-electron chi connectivity index (χ3n) is 5.99. The quantitative estimate of drug-likeness (QED) is 0.710. The predicted octanol–water partition coefficient (Wildman–Crippen LogP) is 5.59. The molecule has 116 valence electrons. The SMILES string of the molecule is N#Cc1ccc(-c2ccccc2C23CCC(CC2)CC3)cc1F. The molecule has 5 rings (SSSR count). The van der Waals surface area contributed by atoms with E-state index in [1.54, 1.807) is 6.07 Å². The molecule has 1 nitrogen and oxygen atoms in total. The fourth-order valence-electron chi connectivity index (χ4n) is 4.62. The molecule has 3 aliphatic rings. The van der Waals surface area contributed by atoms with Crippen LogP contribution >= 0.6 is 0 Å².